The zero-order chi connectivity index (χ0) is 21.3. The van der Waals surface area contributed by atoms with Crippen molar-refractivity contribution in [1.82, 2.24) is 18.7 Å². The van der Waals surface area contributed by atoms with Crippen molar-refractivity contribution in [2.75, 3.05) is 13.1 Å². The minimum Gasteiger partial charge on any atom is -0.345 e. The zero-order valence-electron chi connectivity index (χ0n) is 17.7. The fraction of sp³-hybridized carbons (Fsp3) is 0.524. The Labute approximate surface area is 173 Å². The molecule has 2 aromatic heterocycles. The minimum absolute atomic E-state index is 0.0145. The van der Waals surface area contributed by atoms with Gasteiger partial charge in [0.25, 0.3) is 0 Å². The van der Waals surface area contributed by atoms with Crippen LogP contribution in [-0.2, 0) is 23.1 Å². The second kappa shape index (κ2) is 8.28. The molecule has 3 heterocycles. The van der Waals surface area contributed by atoms with E-state index < -0.39 is 10.0 Å². The van der Waals surface area contributed by atoms with Gasteiger partial charge in [0, 0.05) is 36.6 Å². The van der Waals surface area contributed by atoms with Gasteiger partial charge in [0.05, 0.1) is 11.4 Å². The number of Topliss-reactive ketones (excluding diaryl/α,β-unsaturated/α-hetero) is 1. The Kier molecular flexibility index (Phi) is 6.14. The number of rotatable bonds is 7. The Balaban J connectivity index is 1.90. The maximum atomic E-state index is 13.1. The summed E-state index contributed by atoms with van der Waals surface area (Å²) < 4.78 is 31.4. The third-order valence-corrected chi connectivity index (χ3v) is 7.86. The van der Waals surface area contributed by atoms with E-state index in [0.717, 1.165) is 30.7 Å². The van der Waals surface area contributed by atoms with Crippen LogP contribution in [0.5, 0.6) is 0 Å². The van der Waals surface area contributed by atoms with Gasteiger partial charge in [-0.05, 0) is 46.6 Å². The molecule has 7 nitrogen and oxygen atoms in total. The highest BCUT2D eigenvalue weighted by molar-refractivity contribution is 7.89. The van der Waals surface area contributed by atoms with Crippen molar-refractivity contribution >= 4 is 15.8 Å². The number of aryl methyl sites for hydroxylation is 2. The fourth-order valence-corrected chi connectivity index (χ4v) is 6.05. The van der Waals surface area contributed by atoms with E-state index in [2.05, 4.69) is 11.7 Å². The number of hydrogen-bond donors (Lipinski definition) is 0. The third kappa shape index (κ3) is 3.96. The van der Waals surface area contributed by atoms with E-state index in [1.807, 2.05) is 24.5 Å². The van der Waals surface area contributed by atoms with Gasteiger partial charge in [-0.15, -0.1) is 6.58 Å². The SMILES string of the molecule is C=CCn1c(C)cc(C(=O)Cn2nc(C)c(S(=O)(=O)N3CCCCC3)c2C)c1C. The molecule has 1 aliphatic heterocycles. The van der Waals surface area contributed by atoms with Crippen molar-refractivity contribution in [3.05, 3.63) is 47.1 Å². The van der Waals surface area contributed by atoms with E-state index in [9.17, 15) is 13.2 Å². The van der Waals surface area contributed by atoms with E-state index in [0.29, 0.717) is 36.6 Å². The quantitative estimate of drug-likeness (QED) is 0.511. The second-order valence-electron chi connectivity index (χ2n) is 7.73. The Morgan fingerprint density at radius 1 is 1.14 bits per heavy atom. The van der Waals surface area contributed by atoms with Gasteiger partial charge in [0.2, 0.25) is 10.0 Å². The van der Waals surface area contributed by atoms with Crippen LogP contribution in [0, 0.1) is 27.7 Å². The second-order valence-corrected chi connectivity index (χ2v) is 9.60. The third-order valence-electron chi connectivity index (χ3n) is 5.71. The highest BCUT2D eigenvalue weighted by Gasteiger charge is 2.32. The summed E-state index contributed by atoms with van der Waals surface area (Å²) in [6, 6.07) is 1.87. The first kappa shape index (κ1) is 21.5. The van der Waals surface area contributed by atoms with Crippen LogP contribution in [0.25, 0.3) is 0 Å². The molecule has 1 aliphatic rings. The van der Waals surface area contributed by atoms with E-state index >= 15 is 0 Å². The monoisotopic (exact) mass is 418 g/mol. The maximum absolute atomic E-state index is 13.1. The Bertz CT molecular complexity index is 1040. The first-order chi connectivity index (χ1) is 13.7. The summed E-state index contributed by atoms with van der Waals surface area (Å²) in [5.74, 6) is -0.0825. The first-order valence-corrected chi connectivity index (χ1v) is 11.5. The Morgan fingerprint density at radius 3 is 2.41 bits per heavy atom. The summed E-state index contributed by atoms with van der Waals surface area (Å²) in [5.41, 5.74) is 3.47. The fourth-order valence-electron chi connectivity index (χ4n) is 4.16. The Hall–Kier alpha value is -2.19. The number of sulfonamides is 1. The van der Waals surface area contributed by atoms with Crippen molar-refractivity contribution < 1.29 is 13.2 Å². The number of piperidine rings is 1. The molecule has 0 saturated carbocycles. The molecule has 0 amide bonds. The number of carbonyl (C=O) groups excluding carboxylic acids is 1. The largest absolute Gasteiger partial charge is 0.345 e. The van der Waals surface area contributed by atoms with E-state index in [-0.39, 0.29) is 17.2 Å². The lowest BCUT2D eigenvalue weighted by molar-refractivity contribution is 0.0966. The molecule has 1 saturated heterocycles. The van der Waals surface area contributed by atoms with Gasteiger partial charge in [-0.1, -0.05) is 12.5 Å². The lowest BCUT2D eigenvalue weighted by Crippen LogP contribution is -2.36. The molecule has 0 unspecified atom stereocenters. The zero-order valence-corrected chi connectivity index (χ0v) is 18.5. The van der Waals surface area contributed by atoms with E-state index in [4.69, 9.17) is 0 Å². The average molecular weight is 419 g/mol. The smallest absolute Gasteiger partial charge is 0.246 e. The van der Waals surface area contributed by atoms with Gasteiger partial charge in [-0.25, -0.2) is 8.42 Å². The maximum Gasteiger partial charge on any atom is 0.246 e. The normalized spacial score (nSPS) is 15.6. The van der Waals surface area contributed by atoms with Crippen LogP contribution in [0.2, 0.25) is 0 Å². The van der Waals surface area contributed by atoms with Crippen LogP contribution in [-0.4, -0.2) is 45.9 Å². The van der Waals surface area contributed by atoms with Gasteiger partial charge >= 0.3 is 0 Å². The Morgan fingerprint density at radius 2 is 1.79 bits per heavy atom. The lowest BCUT2D eigenvalue weighted by Gasteiger charge is -2.25. The van der Waals surface area contributed by atoms with Gasteiger partial charge in [-0.2, -0.15) is 9.40 Å². The van der Waals surface area contributed by atoms with E-state index in [1.54, 1.807) is 24.2 Å². The van der Waals surface area contributed by atoms with Crippen molar-refractivity contribution in [3.8, 4) is 0 Å². The highest BCUT2D eigenvalue weighted by atomic mass is 32.2. The van der Waals surface area contributed by atoms with Crippen LogP contribution in [0.4, 0.5) is 0 Å². The molecule has 0 aliphatic carbocycles. The molecule has 0 bridgehead atoms. The first-order valence-electron chi connectivity index (χ1n) is 10.0. The van der Waals surface area contributed by atoms with E-state index in [1.165, 1.54) is 4.68 Å². The average Bonchev–Trinajstić information content (AvgIpc) is 3.12. The molecule has 0 aromatic carbocycles. The molecule has 0 radical (unpaired) electrons. The molecule has 1 fully saturated rings. The predicted octanol–water partition coefficient (Wildman–Crippen LogP) is 3.16. The summed E-state index contributed by atoms with van der Waals surface area (Å²) >= 11 is 0. The molecular weight excluding hydrogens is 388 g/mol. The molecule has 0 spiro atoms. The van der Waals surface area contributed by atoms with Gasteiger partial charge in [0.15, 0.2) is 5.78 Å². The molecule has 0 N–H and O–H groups in total. The summed E-state index contributed by atoms with van der Waals surface area (Å²) in [4.78, 5) is 13.2. The predicted molar refractivity (Wildman–Crippen MR) is 113 cm³/mol. The van der Waals surface area contributed by atoms with Gasteiger partial charge < -0.3 is 4.57 Å². The lowest BCUT2D eigenvalue weighted by atomic mass is 10.1. The molecule has 8 heteroatoms. The van der Waals surface area contributed by atoms with Crippen molar-refractivity contribution in [2.24, 2.45) is 0 Å². The van der Waals surface area contributed by atoms with Crippen molar-refractivity contribution in [2.45, 2.75) is 64.9 Å². The molecule has 29 heavy (non-hydrogen) atoms. The molecule has 2 aromatic rings. The van der Waals surface area contributed by atoms with Crippen molar-refractivity contribution in [1.29, 1.82) is 0 Å². The summed E-state index contributed by atoms with van der Waals surface area (Å²) in [7, 11) is -3.60. The molecule has 158 valence electrons. The molecular formula is C21H30N4O3S. The summed E-state index contributed by atoms with van der Waals surface area (Å²) in [6.45, 7) is 12.8. The molecule has 0 atom stereocenters. The summed E-state index contributed by atoms with van der Waals surface area (Å²) in [6.07, 6.45) is 4.61. The minimum atomic E-state index is -3.60. The number of nitrogens with zero attached hydrogens (tertiary/aromatic N) is 4. The van der Waals surface area contributed by atoms with Crippen LogP contribution < -0.4 is 0 Å². The van der Waals surface area contributed by atoms with Crippen LogP contribution in [0.1, 0.15) is 52.4 Å². The number of ketones is 1. The number of carbonyl (C=O) groups is 1. The van der Waals surface area contributed by atoms with Crippen LogP contribution in [0.15, 0.2) is 23.6 Å². The standard InChI is InChI=1S/C21H30N4O3S/c1-6-10-24-15(2)13-19(17(24)4)20(26)14-25-18(5)21(16(3)22-25)29(27,28)23-11-8-7-9-12-23/h6,13H,1,7-12,14H2,2-5H3. The number of aromatic nitrogens is 3. The molecule has 3 rings (SSSR count). The number of allylic oxidation sites excluding steroid dienone is 1. The topological polar surface area (TPSA) is 77.2 Å². The van der Waals surface area contributed by atoms with Crippen LogP contribution in [0.3, 0.4) is 0 Å². The number of hydrogen-bond acceptors (Lipinski definition) is 4. The summed E-state index contributed by atoms with van der Waals surface area (Å²) in [5, 5.41) is 4.40. The van der Waals surface area contributed by atoms with Crippen LogP contribution >= 0.6 is 0 Å². The highest BCUT2D eigenvalue weighted by Crippen LogP contribution is 2.26. The van der Waals surface area contributed by atoms with Gasteiger partial charge in [-0.3, -0.25) is 9.48 Å². The van der Waals surface area contributed by atoms with Gasteiger partial charge in [0.1, 0.15) is 11.4 Å². The van der Waals surface area contributed by atoms with Crippen molar-refractivity contribution in [3.63, 3.8) is 0 Å².